The average molecular weight is 267 g/mol. The second-order valence-corrected chi connectivity index (χ2v) is 6.56. The fourth-order valence-electron chi connectivity index (χ4n) is 2.63. The number of rotatable bonds is 2. The second-order valence-electron chi connectivity index (χ2n) is 6.15. The molecule has 0 spiro atoms. The lowest BCUT2D eigenvalue weighted by atomic mass is 9.84. The Morgan fingerprint density at radius 3 is 2.72 bits per heavy atom. The highest BCUT2D eigenvalue weighted by atomic mass is 35.5. The predicted molar refractivity (Wildman–Crippen MR) is 78.0 cm³/mol. The number of hydrogen-bond donors (Lipinski definition) is 1. The zero-order chi connectivity index (χ0) is 13.2. The second kappa shape index (κ2) is 5.60. The van der Waals surface area contributed by atoms with E-state index in [4.69, 9.17) is 11.6 Å². The molecule has 2 rings (SSSR count). The van der Waals surface area contributed by atoms with Crippen LogP contribution in [-0.4, -0.2) is 30.6 Å². The Morgan fingerprint density at radius 1 is 1.33 bits per heavy atom. The highest BCUT2D eigenvalue weighted by Crippen LogP contribution is 2.28. The van der Waals surface area contributed by atoms with Crippen LogP contribution in [0.5, 0.6) is 0 Å². The van der Waals surface area contributed by atoms with Gasteiger partial charge in [-0.3, -0.25) is 4.90 Å². The number of halogens is 1. The molecule has 0 amide bonds. The van der Waals surface area contributed by atoms with Gasteiger partial charge in [0.15, 0.2) is 0 Å². The van der Waals surface area contributed by atoms with Crippen LogP contribution < -0.4 is 5.32 Å². The third kappa shape index (κ3) is 3.25. The van der Waals surface area contributed by atoms with Crippen molar-refractivity contribution in [3.8, 4) is 0 Å². The Balaban J connectivity index is 2.13. The molecule has 1 atom stereocenters. The molecule has 1 aliphatic rings. The Hall–Kier alpha value is -0.570. The molecule has 0 radical (unpaired) electrons. The molecule has 1 saturated heterocycles. The molecule has 0 saturated carbocycles. The number of nitrogens with one attached hydrogen (secondary N) is 1. The van der Waals surface area contributed by atoms with Gasteiger partial charge in [-0.1, -0.05) is 50.6 Å². The standard InChI is InChI=1S/C15H23ClN2/c1-15(2,3)14-10-17-8-9-18(14)11-12-6-4-5-7-13(12)16/h4-7,14,17H,8-11H2,1-3H3. The lowest BCUT2D eigenvalue weighted by Gasteiger charge is -2.43. The first kappa shape index (κ1) is 13.9. The van der Waals surface area contributed by atoms with Gasteiger partial charge in [-0.15, -0.1) is 0 Å². The zero-order valence-electron chi connectivity index (χ0n) is 11.5. The van der Waals surface area contributed by atoms with Crippen molar-refractivity contribution in [2.45, 2.75) is 33.4 Å². The summed E-state index contributed by atoms with van der Waals surface area (Å²) < 4.78 is 0. The van der Waals surface area contributed by atoms with Gasteiger partial charge < -0.3 is 5.32 Å². The molecule has 1 fully saturated rings. The molecule has 1 aromatic rings. The van der Waals surface area contributed by atoms with Gasteiger partial charge >= 0.3 is 0 Å². The van der Waals surface area contributed by atoms with Crippen molar-refractivity contribution in [1.29, 1.82) is 0 Å². The average Bonchev–Trinajstić information content (AvgIpc) is 2.31. The number of hydrogen-bond acceptors (Lipinski definition) is 2. The highest BCUT2D eigenvalue weighted by molar-refractivity contribution is 6.31. The van der Waals surface area contributed by atoms with Gasteiger partial charge in [0.2, 0.25) is 0 Å². The summed E-state index contributed by atoms with van der Waals surface area (Å²) in [7, 11) is 0. The summed E-state index contributed by atoms with van der Waals surface area (Å²) in [5, 5.41) is 4.38. The zero-order valence-corrected chi connectivity index (χ0v) is 12.3. The van der Waals surface area contributed by atoms with Crippen molar-refractivity contribution in [3.05, 3.63) is 34.9 Å². The maximum atomic E-state index is 6.26. The van der Waals surface area contributed by atoms with Gasteiger partial charge in [-0.05, 0) is 17.0 Å². The molecule has 1 aromatic carbocycles. The van der Waals surface area contributed by atoms with Crippen molar-refractivity contribution in [1.82, 2.24) is 10.2 Å². The minimum absolute atomic E-state index is 0.286. The molecular weight excluding hydrogens is 244 g/mol. The lowest BCUT2D eigenvalue weighted by molar-refractivity contribution is 0.0689. The summed E-state index contributed by atoms with van der Waals surface area (Å²) in [5.41, 5.74) is 1.52. The van der Waals surface area contributed by atoms with Crippen molar-refractivity contribution in [2.75, 3.05) is 19.6 Å². The van der Waals surface area contributed by atoms with Crippen LogP contribution in [0, 0.1) is 5.41 Å². The largest absolute Gasteiger partial charge is 0.314 e. The molecule has 18 heavy (non-hydrogen) atoms. The van der Waals surface area contributed by atoms with Crippen LogP contribution in [0.4, 0.5) is 0 Å². The summed E-state index contributed by atoms with van der Waals surface area (Å²) in [4.78, 5) is 2.55. The van der Waals surface area contributed by atoms with Crippen LogP contribution in [0.15, 0.2) is 24.3 Å². The SMILES string of the molecule is CC(C)(C)C1CNCCN1Cc1ccccc1Cl. The summed E-state index contributed by atoms with van der Waals surface area (Å²) in [5.74, 6) is 0. The van der Waals surface area contributed by atoms with E-state index >= 15 is 0 Å². The van der Waals surface area contributed by atoms with Gasteiger partial charge in [-0.2, -0.15) is 0 Å². The maximum Gasteiger partial charge on any atom is 0.0451 e. The molecular formula is C15H23ClN2. The van der Waals surface area contributed by atoms with Crippen LogP contribution >= 0.6 is 11.6 Å². The Labute approximate surface area is 115 Å². The van der Waals surface area contributed by atoms with Crippen molar-refractivity contribution in [2.24, 2.45) is 5.41 Å². The molecule has 100 valence electrons. The Bertz CT molecular complexity index is 398. The van der Waals surface area contributed by atoms with Crippen LogP contribution in [0.2, 0.25) is 5.02 Å². The fraction of sp³-hybridized carbons (Fsp3) is 0.600. The highest BCUT2D eigenvalue weighted by Gasteiger charge is 2.32. The van der Waals surface area contributed by atoms with Crippen LogP contribution in [0.1, 0.15) is 26.3 Å². The first-order valence-corrected chi connectivity index (χ1v) is 7.04. The molecule has 1 unspecified atom stereocenters. The molecule has 0 aromatic heterocycles. The van der Waals surface area contributed by atoms with E-state index in [2.05, 4.69) is 43.1 Å². The van der Waals surface area contributed by atoms with E-state index in [1.165, 1.54) is 5.56 Å². The van der Waals surface area contributed by atoms with Crippen molar-refractivity contribution < 1.29 is 0 Å². The molecule has 0 bridgehead atoms. The Morgan fingerprint density at radius 2 is 2.06 bits per heavy atom. The van der Waals surface area contributed by atoms with E-state index in [9.17, 15) is 0 Å². The number of nitrogens with zero attached hydrogens (tertiary/aromatic N) is 1. The molecule has 0 aliphatic carbocycles. The van der Waals surface area contributed by atoms with Gasteiger partial charge in [0.1, 0.15) is 0 Å². The van der Waals surface area contributed by atoms with Crippen molar-refractivity contribution >= 4 is 11.6 Å². The van der Waals surface area contributed by atoms with E-state index in [-0.39, 0.29) is 5.41 Å². The monoisotopic (exact) mass is 266 g/mol. The van der Waals surface area contributed by atoms with Gasteiger partial charge in [-0.25, -0.2) is 0 Å². The van der Waals surface area contributed by atoms with Crippen LogP contribution in [0.3, 0.4) is 0 Å². The third-order valence-corrected chi connectivity index (χ3v) is 4.05. The van der Waals surface area contributed by atoms with Gasteiger partial charge in [0, 0.05) is 37.2 Å². The van der Waals surface area contributed by atoms with Crippen LogP contribution in [-0.2, 0) is 6.54 Å². The van der Waals surface area contributed by atoms with Gasteiger partial charge in [0.25, 0.3) is 0 Å². The van der Waals surface area contributed by atoms with E-state index in [1.54, 1.807) is 0 Å². The first-order valence-electron chi connectivity index (χ1n) is 6.66. The maximum absolute atomic E-state index is 6.26. The predicted octanol–water partition coefficient (Wildman–Crippen LogP) is 3.16. The van der Waals surface area contributed by atoms with Crippen molar-refractivity contribution in [3.63, 3.8) is 0 Å². The summed E-state index contributed by atoms with van der Waals surface area (Å²) in [6.45, 7) is 11.1. The molecule has 2 nitrogen and oxygen atoms in total. The van der Waals surface area contributed by atoms with E-state index < -0.39 is 0 Å². The van der Waals surface area contributed by atoms with E-state index in [1.807, 2.05) is 12.1 Å². The third-order valence-electron chi connectivity index (χ3n) is 3.69. The Kier molecular flexibility index (Phi) is 4.31. The normalized spacial score (nSPS) is 22.1. The summed E-state index contributed by atoms with van der Waals surface area (Å²) >= 11 is 6.26. The quantitative estimate of drug-likeness (QED) is 0.885. The van der Waals surface area contributed by atoms with Crippen LogP contribution in [0.25, 0.3) is 0 Å². The fourth-order valence-corrected chi connectivity index (χ4v) is 2.83. The number of piperazine rings is 1. The smallest absolute Gasteiger partial charge is 0.0451 e. The van der Waals surface area contributed by atoms with E-state index in [0.717, 1.165) is 31.2 Å². The van der Waals surface area contributed by atoms with Gasteiger partial charge in [0.05, 0.1) is 0 Å². The summed E-state index contributed by atoms with van der Waals surface area (Å²) in [6.07, 6.45) is 0. The number of benzene rings is 1. The summed E-state index contributed by atoms with van der Waals surface area (Å²) in [6, 6.07) is 8.72. The topological polar surface area (TPSA) is 15.3 Å². The molecule has 1 heterocycles. The molecule has 1 N–H and O–H groups in total. The lowest BCUT2D eigenvalue weighted by Crippen LogP contribution is -2.56. The molecule has 3 heteroatoms. The minimum Gasteiger partial charge on any atom is -0.314 e. The minimum atomic E-state index is 0.286. The molecule has 1 aliphatic heterocycles. The first-order chi connectivity index (χ1) is 8.48. The van der Waals surface area contributed by atoms with E-state index in [0.29, 0.717) is 6.04 Å².